The molecule has 4 rings (SSSR count). The molecule has 0 N–H and O–H groups in total. The van der Waals surface area contributed by atoms with Crippen LogP contribution in [0.4, 0.5) is 0 Å². The van der Waals surface area contributed by atoms with E-state index in [0.29, 0.717) is 34.2 Å². The number of hydrogen-bond acceptors (Lipinski definition) is 6. The molecule has 0 aliphatic carbocycles. The summed E-state index contributed by atoms with van der Waals surface area (Å²) in [6, 6.07) is 22.4. The molecule has 0 saturated carbocycles. The first-order valence-corrected chi connectivity index (χ1v) is 23.0. The molecule has 0 unspecified atom stereocenters. The fraction of sp³-hybridized carbons (Fsp3) is 0.410. The number of fused-ring (bicyclic) bond motifs is 1. The number of rotatable bonds is 11. The van der Waals surface area contributed by atoms with Crippen molar-refractivity contribution in [3.63, 3.8) is 0 Å². The normalized spacial score (nSPS) is 13.1. The van der Waals surface area contributed by atoms with Crippen molar-refractivity contribution in [3.05, 3.63) is 101 Å². The van der Waals surface area contributed by atoms with Crippen molar-refractivity contribution in [2.45, 2.75) is 95.7 Å². The Labute approximate surface area is 294 Å². The van der Waals surface area contributed by atoms with Gasteiger partial charge in [-0.1, -0.05) is 141 Å². The van der Waals surface area contributed by atoms with Crippen molar-refractivity contribution in [2.24, 2.45) is 0 Å². The highest BCUT2D eigenvalue weighted by Gasteiger charge is 2.50. The van der Waals surface area contributed by atoms with E-state index in [1.807, 2.05) is 24.3 Å². The van der Waals surface area contributed by atoms with Crippen LogP contribution in [0.15, 0.2) is 95.0 Å². The number of allylic oxidation sites excluding steroid dienone is 1. The minimum Gasteiger partial charge on any atom is -0.404 e. The molecule has 49 heavy (non-hydrogen) atoms. The van der Waals surface area contributed by atoms with E-state index < -0.39 is 26.2 Å². The van der Waals surface area contributed by atoms with Gasteiger partial charge in [0, 0.05) is 30.6 Å². The molecule has 0 fully saturated rings. The van der Waals surface area contributed by atoms with Gasteiger partial charge >= 0.3 is 0 Å². The molecule has 10 heteroatoms. The van der Waals surface area contributed by atoms with Crippen LogP contribution in [0.25, 0.3) is 11.0 Å². The van der Waals surface area contributed by atoms with E-state index in [4.69, 9.17) is 4.43 Å². The zero-order valence-electron chi connectivity index (χ0n) is 30.6. The Bertz CT molecular complexity index is 1960. The summed E-state index contributed by atoms with van der Waals surface area (Å²) in [6.07, 6.45) is 6.35. The van der Waals surface area contributed by atoms with Gasteiger partial charge in [0.15, 0.2) is 0 Å². The van der Waals surface area contributed by atoms with Crippen LogP contribution in [0.3, 0.4) is 0 Å². The van der Waals surface area contributed by atoms with E-state index in [9.17, 15) is 13.2 Å². The molecule has 4 aromatic rings. The summed E-state index contributed by atoms with van der Waals surface area (Å²) < 4.78 is 33.4. The molecular formula is C39H51N3O4SSi2. The molecule has 2 heterocycles. The van der Waals surface area contributed by atoms with Crippen LogP contribution in [0.1, 0.15) is 67.9 Å². The van der Waals surface area contributed by atoms with Crippen molar-refractivity contribution >= 4 is 47.6 Å². The highest BCUT2D eigenvalue weighted by molar-refractivity contribution is 7.90. The average molecular weight is 714 g/mol. The van der Waals surface area contributed by atoms with Gasteiger partial charge in [0.25, 0.3) is 13.9 Å². The van der Waals surface area contributed by atoms with E-state index in [1.165, 1.54) is 27.2 Å². The highest BCUT2D eigenvalue weighted by atomic mass is 32.2. The Balaban J connectivity index is 1.76. The van der Waals surface area contributed by atoms with Gasteiger partial charge in [-0.2, -0.15) is 4.98 Å². The monoisotopic (exact) mass is 713 g/mol. The second kappa shape index (κ2) is 15.1. The quantitative estimate of drug-likeness (QED) is 0.0728. The van der Waals surface area contributed by atoms with Gasteiger partial charge in [-0.25, -0.2) is 13.4 Å². The lowest BCUT2D eigenvalue weighted by Gasteiger charge is -2.42. The summed E-state index contributed by atoms with van der Waals surface area (Å²) in [7, 11) is -8.56. The third kappa shape index (κ3) is 7.75. The Kier molecular flexibility index (Phi) is 11.8. The Morgan fingerprint density at radius 3 is 1.88 bits per heavy atom. The molecule has 2 aromatic carbocycles. The largest absolute Gasteiger partial charge is 0.404 e. The predicted molar refractivity (Wildman–Crippen MR) is 208 cm³/mol. The summed E-state index contributed by atoms with van der Waals surface area (Å²) in [5.41, 5.74) is 5.38. The predicted octanol–water partition coefficient (Wildman–Crippen LogP) is 6.90. The van der Waals surface area contributed by atoms with Crippen LogP contribution in [0.2, 0.25) is 21.7 Å². The Hall–Kier alpha value is -3.63. The summed E-state index contributed by atoms with van der Waals surface area (Å²) in [5.74, 6) is 3.37. The lowest BCUT2D eigenvalue weighted by Crippen LogP contribution is -2.66. The molecule has 260 valence electrons. The maximum atomic E-state index is 13.7. The first-order chi connectivity index (χ1) is 23.0. The standard InChI is InChI=1S/C39H51N3O4SSi2/c1-29(2)48(30(3)4,31(5)6)26-23-32-27-36(43)42(37-35(32)28-40-38(41-37)47(10,44)45)24-17-18-25-46-49(39(7,8)9,33-19-13-11-14-20-33)34-21-15-12-16-22-34/h11-22,27-31H,24-25H2,1-10H3/b18-17-. The van der Waals surface area contributed by atoms with Crippen LogP contribution in [-0.2, 0) is 20.8 Å². The molecular weight excluding hydrogens is 663 g/mol. The molecule has 0 saturated heterocycles. The molecule has 2 aromatic heterocycles. The molecule has 0 atom stereocenters. The topological polar surface area (TPSA) is 91.2 Å². The number of nitrogens with zero attached hydrogens (tertiary/aromatic N) is 3. The van der Waals surface area contributed by atoms with Gasteiger partial charge in [0.05, 0.1) is 12.0 Å². The maximum Gasteiger partial charge on any atom is 0.261 e. The van der Waals surface area contributed by atoms with E-state index in [0.717, 1.165) is 6.26 Å². The van der Waals surface area contributed by atoms with Crippen molar-refractivity contribution in [2.75, 3.05) is 12.9 Å². The SMILES string of the molecule is CC(C)[Si](C#Cc1cc(=O)n(C/C=C\CO[Si](c2ccccc2)(c2ccccc2)C(C)(C)C)c2nc(S(C)(=O)=O)ncc12)(C(C)C)C(C)C. The number of pyridine rings is 1. The van der Waals surface area contributed by atoms with Crippen LogP contribution < -0.4 is 15.9 Å². The van der Waals surface area contributed by atoms with Gasteiger partial charge in [0.2, 0.25) is 15.0 Å². The number of aromatic nitrogens is 3. The molecule has 0 spiro atoms. The number of hydrogen-bond donors (Lipinski definition) is 0. The van der Waals surface area contributed by atoms with E-state index in [2.05, 4.69) is 132 Å². The fourth-order valence-electron chi connectivity index (χ4n) is 7.39. The third-order valence-electron chi connectivity index (χ3n) is 9.71. The van der Waals surface area contributed by atoms with Crippen molar-refractivity contribution in [1.29, 1.82) is 0 Å². The lowest BCUT2D eigenvalue weighted by atomic mass is 10.2. The van der Waals surface area contributed by atoms with Gasteiger partial charge < -0.3 is 4.43 Å². The maximum absolute atomic E-state index is 13.7. The minimum atomic E-state index is -3.72. The minimum absolute atomic E-state index is 0.173. The van der Waals surface area contributed by atoms with Crippen LogP contribution >= 0.6 is 0 Å². The molecule has 0 bridgehead atoms. The number of benzene rings is 2. The summed E-state index contributed by atoms with van der Waals surface area (Å²) >= 11 is 0. The van der Waals surface area contributed by atoms with Gasteiger partial charge in [-0.15, -0.1) is 5.54 Å². The number of sulfone groups is 1. The van der Waals surface area contributed by atoms with E-state index >= 15 is 0 Å². The molecule has 0 aliphatic rings. The Morgan fingerprint density at radius 1 is 0.878 bits per heavy atom. The van der Waals surface area contributed by atoms with Gasteiger partial charge in [0.1, 0.15) is 13.7 Å². The smallest absolute Gasteiger partial charge is 0.261 e. The average Bonchev–Trinajstić information content (AvgIpc) is 3.03. The van der Waals surface area contributed by atoms with Crippen LogP contribution in [-0.4, -0.2) is 52.2 Å². The summed E-state index contributed by atoms with van der Waals surface area (Å²) in [4.78, 5) is 22.3. The third-order valence-corrected chi connectivity index (χ3v) is 21.9. The van der Waals surface area contributed by atoms with E-state index in [-0.39, 0.29) is 27.9 Å². The first-order valence-electron chi connectivity index (χ1n) is 17.0. The summed E-state index contributed by atoms with van der Waals surface area (Å²) in [5, 5.41) is 2.42. The molecule has 0 radical (unpaired) electrons. The lowest BCUT2D eigenvalue weighted by molar-refractivity contribution is 0.339. The molecule has 0 amide bonds. The molecule has 7 nitrogen and oxygen atoms in total. The zero-order chi connectivity index (χ0) is 36.2. The van der Waals surface area contributed by atoms with E-state index in [1.54, 1.807) is 0 Å². The van der Waals surface area contributed by atoms with Crippen LogP contribution in [0, 0.1) is 11.5 Å². The molecule has 0 aliphatic heterocycles. The first kappa shape index (κ1) is 38.2. The van der Waals surface area contributed by atoms with Crippen molar-refractivity contribution in [1.82, 2.24) is 14.5 Å². The van der Waals surface area contributed by atoms with Crippen LogP contribution in [0.5, 0.6) is 0 Å². The second-order valence-electron chi connectivity index (χ2n) is 14.8. The van der Waals surface area contributed by atoms with Crippen molar-refractivity contribution in [3.8, 4) is 11.5 Å². The zero-order valence-corrected chi connectivity index (χ0v) is 33.4. The fourth-order valence-corrected chi connectivity index (χ4v) is 17.6. The van der Waals surface area contributed by atoms with Gasteiger partial charge in [-0.3, -0.25) is 9.36 Å². The van der Waals surface area contributed by atoms with Crippen molar-refractivity contribution < 1.29 is 12.8 Å². The highest BCUT2D eigenvalue weighted by Crippen LogP contribution is 2.41. The second-order valence-corrected chi connectivity index (χ2v) is 26.6. The Morgan fingerprint density at radius 2 is 1.41 bits per heavy atom. The van der Waals surface area contributed by atoms with Gasteiger partial charge in [-0.05, 0) is 32.0 Å². The summed E-state index contributed by atoms with van der Waals surface area (Å²) in [6.45, 7) is 20.6.